The molecule has 0 rings (SSSR count). The third kappa shape index (κ3) is 57.2. The van der Waals surface area contributed by atoms with E-state index in [9.17, 15) is 9.59 Å². The second-order valence-electron chi connectivity index (χ2n) is 20.7. The third-order valence-electron chi connectivity index (χ3n) is 14.2. The summed E-state index contributed by atoms with van der Waals surface area (Å²) in [4.78, 5) is 24.2. The van der Waals surface area contributed by atoms with Gasteiger partial charge in [0, 0.05) is 12.8 Å². The molecule has 376 valence electrons. The molecular formula is C60H118O3. The average Bonchev–Trinajstić information content (AvgIpc) is 3.28. The Kier molecular flexibility index (Phi) is 56.5. The number of unbranched alkanes of at least 4 members (excludes halogenated alkanes) is 52. The quantitative estimate of drug-likeness (QED) is 0.0347. The summed E-state index contributed by atoms with van der Waals surface area (Å²) in [7, 11) is 0. The molecule has 0 aliphatic heterocycles. The Morgan fingerprint density at radius 1 is 0.190 bits per heavy atom. The molecule has 0 aromatic carbocycles. The first-order valence-electron chi connectivity index (χ1n) is 29.9. The van der Waals surface area contributed by atoms with E-state index in [1.165, 1.54) is 321 Å². The molecule has 0 fully saturated rings. The second kappa shape index (κ2) is 57.3. The molecule has 0 aliphatic carbocycles. The van der Waals surface area contributed by atoms with Crippen LogP contribution in [-0.4, -0.2) is 11.9 Å². The Bertz CT molecular complexity index is 784. The smallest absolute Gasteiger partial charge is 0.313 e. The largest absolute Gasteiger partial charge is 0.393 e. The monoisotopic (exact) mass is 887 g/mol. The topological polar surface area (TPSA) is 43.4 Å². The normalized spacial score (nSPS) is 11.5. The highest BCUT2D eigenvalue weighted by Crippen LogP contribution is 2.19. The summed E-state index contributed by atoms with van der Waals surface area (Å²) < 4.78 is 5.09. The van der Waals surface area contributed by atoms with Crippen molar-refractivity contribution in [3.8, 4) is 0 Å². The van der Waals surface area contributed by atoms with E-state index in [-0.39, 0.29) is 11.9 Å². The van der Waals surface area contributed by atoms with E-state index in [2.05, 4.69) is 13.8 Å². The van der Waals surface area contributed by atoms with Crippen LogP contribution in [0, 0.1) is 0 Å². The summed E-state index contributed by atoms with van der Waals surface area (Å²) in [5.41, 5.74) is 0. The van der Waals surface area contributed by atoms with Gasteiger partial charge in [-0.3, -0.25) is 9.59 Å². The van der Waals surface area contributed by atoms with Crippen molar-refractivity contribution in [2.45, 2.75) is 373 Å². The van der Waals surface area contributed by atoms with E-state index >= 15 is 0 Å². The van der Waals surface area contributed by atoms with E-state index < -0.39 is 0 Å². The molecule has 0 spiro atoms. The van der Waals surface area contributed by atoms with Crippen LogP contribution < -0.4 is 0 Å². The van der Waals surface area contributed by atoms with E-state index in [4.69, 9.17) is 4.74 Å². The van der Waals surface area contributed by atoms with Crippen LogP contribution in [0.4, 0.5) is 0 Å². The maximum atomic E-state index is 12.1. The van der Waals surface area contributed by atoms with Gasteiger partial charge in [-0.15, -0.1) is 0 Å². The van der Waals surface area contributed by atoms with Gasteiger partial charge in [-0.05, 0) is 12.8 Å². The Labute approximate surface area is 398 Å². The Morgan fingerprint density at radius 3 is 0.429 bits per heavy atom. The number of hydrogen-bond acceptors (Lipinski definition) is 3. The van der Waals surface area contributed by atoms with Crippen molar-refractivity contribution in [2.75, 3.05) is 0 Å². The highest BCUT2D eigenvalue weighted by molar-refractivity contribution is 5.85. The Hall–Kier alpha value is -0.860. The van der Waals surface area contributed by atoms with E-state index in [1.54, 1.807) is 0 Å². The Balaban J connectivity index is 3.22. The zero-order valence-corrected chi connectivity index (χ0v) is 43.8. The fourth-order valence-corrected chi connectivity index (χ4v) is 9.75. The fraction of sp³-hybridized carbons (Fsp3) is 0.967. The third-order valence-corrected chi connectivity index (χ3v) is 14.2. The van der Waals surface area contributed by atoms with Crippen LogP contribution in [0.5, 0.6) is 0 Å². The summed E-state index contributed by atoms with van der Waals surface area (Å²) in [5.74, 6) is -0.630. The van der Waals surface area contributed by atoms with Crippen LogP contribution >= 0.6 is 0 Å². The first kappa shape index (κ1) is 62.1. The highest BCUT2D eigenvalue weighted by atomic mass is 16.6. The van der Waals surface area contributed by atoms with E-state index in [1.807, 2.05) is 0 Å². The number of rotatable bonds is 56. The summed E-state index contributed by atoms with van der Waals surface area (Å²) in [6.07, 6.45) is 75.6. The predicted octanol–water partition coefficient (Wildman–Crippen LogP) is 21.9. The van der Waals surface area contributed by atoms with Gasteiger partial charge >= 0.3 is 11.9 Å². The van der Waals surface area contributed by atoms with Crippen molar-refractivity contribution >= 4 is 11.9 Å². The number of ether oxygens (including phenoxy) is 1. The van der Waals surface area contributed by atoms with Gasteiger partial charge in [0.2, 0.25) is 0 Å². The summed E-state index contributed by atoms with van der Waals surface area (Å²) in [6.45, 7) is 4.60. The molecule has 0 radical (unpaired) electrons. The standard InChI is InChI=1S/C60H118O3/c1-3-5-7-9-11-13-15-17-19-21-23-25-27-29-31-33-35-37-39-41-43-45-47-49-51-53-55-57-59(61)63-60(62)58-56-54-52-50-48-46-44-42-40-38-36-34-32-30-28-26-24-22-20-18-16-14-12-10-8-6-4-2/h3-58H2,1-2H3. The summed E-state index contributed by atoms with van der Waals surface area (Å²) in [6, 6.07) is 0. The molecule has 3 nitrogen and oxygen atoms in total. The first-order valence-corrected chi connectivity index (χ1v) is 29.9. The molecule has 0 aliphatic rings. The number of carbonyl (C=O) groups excluding carboxylic acids is 2. The highest BCUT2D eigenvalue weighted by Gasteiger charge is 2.10. The molecule has 0 N–H and O–H groups in total. The molecule has 0 aromatic heterocycles. The fourth-order valence-electron chi connectivity index (χ4n) is 9.75. The minimum Gasteiger partial charge on any atom is -0.393 e. The average molecular weight is 888 g/mol. The number of esters is 2. The maximum Gasteiger partial charge on any atom is 0.313 e. The van der Waals surface area contributed by atoms with Gasteiger partial charge in [0.15, 0.2) is 0 Å². The van der Waals surface area contributed by atoms with Crippen LogP contribution in [0.1, 0.15) is 373 Å². The van der Waals surface area contributed by atoms with Crippen molar-refractivity contribution in [2.24, 2.45) is 0 Å². The van der Waals surface area contributed by atoms with Crippen LogP contribution in [0.25, 0.3) is 0 Å². The lowest BCUT2D eigenvalue weighted by Gasteiger charge is -2.05. The van der Waals surface area contributed by atoms with Crippen molar-refractivity contribution in [1.29, 1.82) is 0 Å². The Morgan fingerprint density at radius 2 is 0.302 bits per heavy atom. The van der Waals surface area contributed by atoms with E-state index in [0.717, 1.165) is 25.7 Å². The molecule has 0 aromatic rings. The summed E-state index contributed by atoms with van der Waals surface area (Å²) in [5, 5.41) is 0. The zero-order chi connectivity index (χ0) is 45.5. The number of hydrogen-bond donors (Lipinski definition) is 0. The van der Waals surface area contributed by atoms with Gasteiger partial charge in [-0.25, -0.2) is 0 Å². The lowest BCUT2D eigenvalue weighted by molar-refractivity contribution is -0.159. The lowest BCUT2D eigenvalue weighted by atomic mass is 10.0. The molecule has 0 saturated carbocycles. The number of carbonyl (C=O) groups is 2. The van der Waals surface area contributed by atoms with E-state index in [0.29, 0.717) is 12.8 Å². The van der Waals surface area contributed by atoms with Gasteiger partial charge in [0.1, 0.15) is 0 Å². The van der Waals surface area contributed by atoms with Gasteiger partial charge < -0.3 is 4.74 Å². The second-order valence-corrected chi connectivity index (χ2v) is 20.7. The molecule has 0 bridgehead atoms. The summed E-state index contributed by atoms with van der Waals surface area (Å²) >= 11 is 0. The van der Waals surface area contributed by atoms with Crippen LogP contribution in [0.15, 0.2) is 0 Å². The minimum atomic E-state index is -0.315. The van der Waals surface area contributed by atoms with Crippen LogP contribution in [0.2, 0.25) is 0 Å². The van der Waals surface area contributed by atoms with Gasteiger partial charge in [-0.1, -0.05) is 348 Å². The van der Waals surface area contributed by atoms with Crippen LogP contribution in [-0.2, 0) is 14.3 Å². The minimum absolute atomic E-state index is 0.315. The maximum absolute atomic E-state index is 12.1. The molecule has 3 heteroatoms. The van der Waals surface area contributed by atoms with Gasteiger partial charge in [-0.2, -0.15) is 0 Å². The van der Waals surface area contributed by atoms with Crippen molar-refractivity contribution in [3.05, 3.63) is 0 Å². The molecule has 0 saturated heterocycles. The molecule has 0 amide bonds. The SMILES string of the molecule is CCCCCCCCCCCCCCCCCCCCCCCCCCCCCC(=O)OC(=O)CCCCCCCCCCCCCCCCCCCCCCCCCCCCC. The predicted molar refractivity (Wildman–Crippen MR) is 281 cm³/mol. The van der Waals surface area contributed by atoms with Gasteiger partial charge in [0.25, 0.3) is 0 Å². The zero-order valence-electron chi connectivity index (χ0n) is 43.8. The molecule has 63 heavy (non-hydrogen) atoms. The van der Waals surface area contributed by atoms with Crippen molar-refractivity contribution in [3.63, 3.8) is 0 Å². The lowest BCUT2D eigenvalue weighted by Crippen LogP contribution is -2.11. The van der Waals surface area contributed by atoms with Crippen molar-refractivity contribution in [1.82, 2.24) is 0 Å². The molecular weight excluding hydrogens is 769 g/mol. The molecule has 0 unspecified atom stereocenters. The van der Waals surface area contributed by atoms with Crippen LogP contribution in [0.3, 0.4) is 0 Å². The van der Waals surface area contributed by atoms with Crippen molar-refractivity contribution < 1.29 is 14.3 Å². The first-order chi connectivity index (χ1) is 31.2. The molecule has 0 heterocycles. The van der Waals surface area contributed by atoms with Gasteiger partial charge in [0.05, 0.1) is 0 Å². The molecule has 0 atom stereocenters.